The summed E-state index contributed by atoms with van der Waals surface area (Å²) < 4.78 is 0. The molecule has 0 saturated carbocycles. The smallest absolute Gasteiger partial charge is 0.220 e. The molecule has 1 saturated heterocycles. The van der Waals surface area contributed by atoms with E-state index in [1.54, 1.807) is 0 Å². The highest BCUT2D eigenvalue weighted by Gasteiger charge is 2.19. The fraction of sp³-hybridized carbons (Fsp3) is 0.933. The van der Waals surface area contributed by atoms with Gasteiger partial charge < -0.3 is 16.0 Å². The zero-order valence-corrected chi connectivity index (χ0v) is 12.7. The Hall–Kier alpha value is -0.610. The second kappa shape index (κ2) is 9.32. The van der Waals surface area contributed by atoms with Crippen molar-refractivity contribution in [2.75, 3.05) is 26.2 Å². The number of nitrogens with two attached hydrogens (primary N) is 1. The van der Waals surface area contributed by atoms with Gasteiger partial charge in [0.1, 0.15) is 0 Å². The van der Waals surface area contributed by atoms with Gasteiger partial charge in [0.2, 0.25) is 5.91 Å². The Morgan fingerprint density at radius 1 is 1.37 bits per heavy atom. The highest BCUT2D eigenvalue weighted by molar-refractivity contribution is 5.76. The predicted octanol–water partition coefficient (Wildman–Crippen LogP) is 1.74. The standard InChI is InChI=1S/C15H31N3O/c1-3-10-18-11-7-14(8-12-18)17-15(19)5-4-13(2)6-9-16/h13-14H,3-12,16H2,1-2H3,(H,17,19). The molecule has 1 heterocycles. The third-order valence-corrected chi connectivity index (χ3v) is 4.02. The van der Waals surface area contributed by atoms with Crippen LogP contribution in [0.3, 0.4) is 0 Å². The van der Waals surface area contributed by atoms with Crippen LogP contribution in [0.5, 0.6) is 0 Å². The predicted molar refractivity (Wildman–Crippen MR) is 80.0 cm³/mol. The van der Waals surface area contributed by atoms with Gasteiger partial charge in [-0.3, -0.25) is 4.79 Å². The van der Waals surface area contributed by atoms with Crippen LogP contribution in [0, 0.1) is 5.92 Å². The Bertz CT molecular complexity index is 250. The SMILES string of the molecule is CCCN1CCC(NC(=O)CCC(C)CCN)CC1. The summed E-state index contributed by atoms with van der Waals surface area (Å²) in [6.45, 7) is 8.56. The van der Waals surface area contributed by atoms with Gasteiger partial charge in [0.15, 0.2) is 0 Å². The molecule has 0 aromatic carbocycles. The van der Waals surface area contributed by atoms with E-state index in [9.17, 15) is 4.79 Å². The first-order valence-electron chi connectivity index (χ1n) is 7.87. The lowest BCUT2D eigenvalue weighted by Gasteiger charge is -2.32. The van der Waals surface area contributed by atoms with Crippen molar-refractivity contribution in [3.8, 4) is 0 Å². The Morgan fingerprint density at radius 2 is 2.05 bits per heavy atom. The monoisotopic (exact) mass is 269 g/mol. The van der Waals surface area contributed by atoms with Gasteiger partial charge in [-0.2, -0.15) is 0 Å². The number of rotatable bonds is 8. The molecule has 1 aliphatic rings. The first kappa shape index (κ1) is 16.4. The van der Waals surface area contributed by atoms with Crippen LogP contribution in [-0.2, 0) is 4.79 Å². The van der Waals surface area contributed by atoms with E-state index in [0.717, 1.165) is 45.3 Å². The lowest BCUT2D eigenvalue weighted by molar-refractivity contribution is -0.122. The minimum absolute atomic E-state index is 0.220. The molecule has 112 valence electrons. The minimum atomic E-state index is 0.220. The van der Waals surface area contributed by atoms with Gasteiger partial charge in [0.25, 0.3) is 0 Å². The molecule has 1 rings (SSSR count). The van der Waals surface area contributed by atoms with Crippen LogP contribution < -0.4 is 11.1 Å². The highest BCUT2D eigenvalue weighted by atomic mass is 16.1. The molecule has 0 aliphatic carbocycles. The van der Waals surface area contributed by atoms with Crippen molar-refractivity contribution in [3.63, 3.8) is 0 Å². The molecule has 1 fully saturated rings. The van der Waals surface area contributed by atoms with E-state index >= 15 is 0 Å². The number of piperidine rings is 1. The molecule has 4 nitrogen and oxygen atoms in total. The highest BCUT2D eigenvalue weighted by Crippen LogP contribution is 2.12. The first-order valence-corrected chi connectivity index (χ1v) is 7.87. The Labute approximate surface area is 118 Å². The molecular weight excluding hydrogens is 238 g/mol. The van der Waals surface area contributed by atoms with E-state index in [2.05, 4.69) is 24.1 Å². The molecule has 19 heavy (non-hydrogen) atoms. The number of hydrogen-bond acceptors (Lipinski definition) is 3. The maximum Gasteiger partial charge on any atom is 0.220 e. The number of nitrogens with zero attached hydrogens (tertiary/aromatic N) is 1. The number of likely N-dealkylation sites (tertiary alicyclic amines) is 1. The minimum Gasteiger partial charge on any atom is -0.353 e. The van der Waals surface area contributed by atoms with Gasteiger partial charge in [-0.25, -0.2) is 0 Å². The molecule has 0 aromatic heterocycles. The summed E-state index contributed by atoms with van der Waals surface area (Å²) in [5, 5.41) is 3.18. The average molecular weight is 269 g/mol. The van der Waals surface area contributed by atoms with Crippen LogP contribution in [-0.4, -0.2) is 43.0 Å². The van der Waals surface area contributed by atoms with E-state index in [4.69, 9.17) is 5.73 Å². The second-order valence-corrected chi connectivity index (χ2v) is 5.90. The van der Waals surface area contributed by atoms with Gasteiger partial charge in [-0.15, -0.1) is 0 Å². The third kappa shape index (κ3) is 6.92. The molecule has 1 amide bonds. The largest absolute Gasteiger partial charge is 0.353 e. The van der Waals surface area contributed by atoms with E-state index in [-0.39, 0.29) is 5.91 Å². The molecule has 0 radical (unpaired) electrons. The maximum atomic E-state index is 11.9. The van der Waals surface area contributed by atoms with Gasteiger partial charge in [0.05, 0.1) is 0 Å². The molecular formula is C15H31N3O. The van der Waals surface area contributed by atoms with E-state index in [1.165, 1.54) is 13.0 Å². The average Bonchev–Trinajstić information content (AvgIpc) is 2.39. The Balaban J connectivity index is 2.13. The number of carbonyl (C=O) groups excluding carboxylic acids is 1. The molecule has 4 heteroatoms. The van der Waals surface area contributed by atoms with E-state index in [1.807, 2.05) is 0 Å². The zero-order chi connectivity index (χ0) is 14.1. The molecule has 3 N–H and O–H groups in total. The summed E-state index contributed by atoms with van der Waals surface area (Å²) >= 11 is 0. The van der Waals surface area contributed by atoms with Gasteiger partial charge in [-0.05, 0) is 51.1 Å². The number of nitrogens with one attached hydrogen (secondary N) is 1. The summed E-state index contributed by atoms with van der Waals surface area (Å²) in [5.41, 5.74) is 5.52. The summed E-state index contributed by atoms with van der Waals surface area (Å²) in [7, 11) is 0. The molecule has 0 spiro atoms. The first-order chi connectivity index (χ1) is 9.15. The van der Waals surface area contributed by atoms with Crippen molar-refractivity contribution < 1.29 is 4.79 Å². The van der Waals surface area contributed by atoms with Crippen LogP contribution in [0.15, 0.2) is 0 Å². The van der Waals surface area contributed by atoms with Crippen molar-refractivity contribution in [2.24, 2.45) is 11.7 Å². The van der Waals surface area contributed by atoms with Crippen molar-refractivity contribution in [1.29, 1.82) is 0 Å². The van der Waals surface area contributed by atoms with Crippen LogP contribution >= 0.6 is 0 Å². The number of amides is 1. The normalized spacial score (nSPS) is 19.3. The van der Waals surface area contributed by atoms with E-state index in [0.29, 0.717) is 18.4 Å². The fourth-order valence-electron chi connectivity index (χ4n) is 2.72. The third-order valence-electron chi connectivity index (χ3n) is 4.02. The molecule has 0 aromatic rings. The summed E-state index contributed by atoms with van der Waals surface area (Å²) in [5.74, 6) is 0.778. The summed E-state index contributed by atoms with van der Waals surface area (Å²) in [6.07, 6.45) is 6.04. The van der Waals surface area contributed by atoms with E-state index < -0.39 is 0 Å². The van der Waals surface area contributed by atoms with Crippen LogP contribution in [0.1, 0.15) is 52.4 Å². The van der Waals surface area contributed by atoms with Crippen molar-refractivity contribution in [2.45, 2.75) is 58.4 Å². The molecule has 0 bridgehead atoms. The molecule has 1 atom stereocenters. The lowest BCUT2D eigenvalue weighted by atomic mass is 10.0. The van der Waals surface area contributed by atoms with Crippen LogP contribution in [0.2, 0.25) is 0 Å². The van der Waals surface area contributed by atoms with Crippen LogP contribution in [0.4, 0.5) is 0 Å². The fourth-order valence-corrected chi connectivity index (χ4v) is 2.72. The van der Waals surface area contributed by atoms with Crippen molar-refractivity contribution in [1.82, 2.24) is 10.2 Å². The quantitative estimate of drug-likeness (QED) is 0.706. The Kier molecular flexibility index (Phi) is 8.07. The Morgan fingerprint density at radius 3 is 2.63 bits per heavy atom. The second-order valence-electron chi connectivity index (χ2n) is 5.90. The molecule has 1 aliphatic heterocycles. The summed E-state index contributed by atoms with van der Waals surface area (Å²) in [6, 6.07) is 0.394. The van der Waals surface area contributed by atoms with Crippen molar-refractivity contribution in [3.05, 3.63) is 0 Å². The van der Waals surface area contributed by atoms with Crippen LogP contribution in [0.25, 0.3) is 0 Å². The molecule has 1 unspecified atom stereocenters. The number of hydrogen-bond donors (Lipinski definition) is 2. The zero-order valence-electron chi connectivity index (χ0n) is 12.7. The lowest BCUT2D eigenvalue weighted by Crippen LogP contribution is -2.44. The maximum absolute atomic E-state index is 11.9. The van der Waals surface area contributed by atoms with Crippen molar-refractivity contribution >= 4 is 5.91 Å². The number of carbonyl (C=O) groups is 1. The van der Waals surface area contributed by atoms with Gasteiger partial charge >= 0.3 is 0 Å². The topological polar surface area (TPSA) is 58.4 Å². The van der Waals surface area contributed by atoms with Gasteiger partial charge in [-0.1, -0.05) is 13.8 Å². The van der Waals surface area contributed by atoms with Gasteiger partial charge in [0, 0.05) is 25.6 Å². The summed E-state index contributed by atoms with van der Waals surface area (Å²) in [4.78, 5) is 14.4.